The van der Waals surface area contributed by atoms with Gasteiger partial charge in [-0.15, -0.1) is 0 Å². The Kier molecular flexibility index (Phi) is 5.72. The molecule has 0 aliphatic heterocycles. The highest BCUT2D eigenvalue weighted by Gasteiger charge is 2.23. The van der Waals surface area contributed by atoms with Crippen LogP contribution < -0.4 is 10.1 Å². The Hall–Kier alpha value is -2.59. The Morgan fingerprint density at radius 2 is 2.07 bits per heavy atom. The third-order valence-corrected chi connectivity index (χ3v) is 5.70. The molecular formula is C25H30N2O2. The fraction of sp³-hybridized carbons (Fsp3) is 0.400. The highest BCUT2D eigenvalue weighted by Crippen LogP contribution is 2.31. The van der Waals surface area contributed by atoms with E-state index in [4.69, 9.17) is 4.74 Å². The number of para-hydroxylation sites is 1. The van der Waals surface area contributed by atoms with Crippen molar-refractivity contribution in [3.05, 3.63) is 64.8 Å². The van der Waals surface area contributed by atoms with Gasteiger partial charge in [-0.3, -0.25) is 4.79 Å². The SMILES string of the molecule is CCOc1ccccc1C(=O)c1ccc2[nH]c3c(c2c1)CC(NCC(C)C)CC3. The number of aryl methyl sites for hydroxylation is 1. The highest BCUT2D eigenvalue weighted by atomic mass is 16.5. The van der Waals surface area contributed by atoms with Gasteiger partial charge in [-0.2, -0.15) is 0 Å². The van der Waals surface area contributed by atoms with E-state index in [0.29, 0.717) is 35.4 Å². The third-order valence-electron chi connectivity index (χ3n) is 5.70. The first-order valence-electron chi connectivity index (χ1n) is 10.7. The first-order valence-corrected chi connectivity index (χ1v) is 10.7. The molecule has 0 amide bonds. The van der Waals surface area contributed by atoms with Crippen LogP contribution in [0.2, 0.25) is 0 Å². The maximum atomic E-state index is 13.2. The molecule has 0 saturated carbocycles. The second-order valence-corrected chi connectivity index (χ2v) is 8.34. The average molecular weight is 391 g/mol. The molecular weight excluding hydrogens is 360 g/mol. The normalized spacial score (nSPS) is 16.2. The van der Waals surface area contributed by atoms with Crippen molar-refractivity contribution in [2.75, 3.05) is 13.2 Å². The topological polar surface area (TPSA) is 54.1 Å². The molecule has 4 heteroatoms. The molecule has 1 unspecified atom stereocenters. The highest BCUT2D eigenvalue weighted by molar-refractivity contribution is 6.12. The molecule has 152 valence electrons. The number of hydrogen-bond donors (Lipinski definition) is 2. The Labute approximate surface area is 172 Å². The number of rotatable bonds is 7. The Morgan fingerprint density at radius 1 is 1.24 bits per heavy atom. The minimum Gasteiger partial charge on any atom is -0.493 e. The quantitative estimate of drug-likeness (QED) is 0.564. The van der Waals surface area contributed by atoms with E-state index in [2.05, 4.69) is 30.2 Å². The lowest BCUT2D eigenvalue weighted by atomic mass is 9.90. The zero-order valence-corrected chi connectivity index (χ0v) is 17.5. The molecule has 4 nitrogen and oxygen atoms in total. The maximum Gasteiger partial charge on any atom is 0.196 e. The third kappa shape index (κ3) is 4.08. The lowest BCUT2D eigenvalue weighted by Gasteiger charge is -2.24. The fourth-order valence-electron chi connectivity index (χ4n) is 4.23. The van der Waals surface area contributed by atoms with Crippen molar-refractivity contribution in [3.8, 4) is 5.75 Å². The van der Waals surface area contributed by atoms with Crippen molar-refractivity contribution in [3.63, 3.8) is 0 Å². The molecule has 29 heavy (non-hydrogen) atoms. The summed E-state index contributed by atoms with van der Waals surface area (Å²) in [4.78, 5) is 16.8. The standard InChI is InChI=1S/C25H30N2O2/c1-4-29-24-8-6-5-7-19(24)25(28)17-9-11-22-20(13-17)21-14-18(26-15-16(2)3)10-12-23(21)27-22/h5-9,11,13,16,18,26-27H,4,10,12,14-15H2,1-3H3. The van der Waals surface area contributed by atoms with Crippen molar-refractivity contribution in [1.29, 1.82) is 0 Å². The molecule has 0 fully saturated rings. The molecule has 3 aromatic rings. The van der Waals surface area contributed by atoms with E-state index in [0.717, 1.165) is 31.3 Å². The van der Waals surface area contributed by atoms with Gasteiger partial charge in [-0.05, 0) is 74.5 Å². The Balaban J connectivity index is 1.65. The lowest BCUT2D eigenvalue weighted by molar-refractivity contribution is 0.103. The number of H-pyrrole nitrogens is 1. The van der Waals surface area contributed by atoms with Crippen LogP contribution in [0.3, 0.4) is 0 Å². The number of carbonyl (C=O) groups excluding carboxylic acids is 1. The number of aromatic nitrogens is 1. The number of hydrogen-bond acceptors (Lipinski definition) is 3. The number of ether oxygens (including phenoxy) is 1. The van der Waals surface area contributed by atoms with E-state index >= 15 is 0 Å². The first-order chi connectivity index (χ1) is 14.1. The van der Waals surface area contributed by atoms with Gasteiger partial charge in [-0.25, -0.2) is 0 Å². The molecule has 2 N–H and O–H groups in total. The molecule has 1 atom stereocenters. The summed E-state index contributed by atoms with van der Waals surface area (Å²) in [5, 5.41) is 4.88. The van der Waals surface area contributed by atoms with E-state index in [1.165, 1.54) is 16.6 Å². The van der Waals surface area contributed by atoms with E-state index in [9.17, 15) is 4.79 Å². The number of benzene rings is 2. The van der Waals surface area contributed by atoms with Gasteiger partial charge in [0.05, 0.1) is 12.2 Å². The van der Waals surface area contributed by atoms with E-state index < -0.39 is 0 Å². The number of fused-ring (bicyclic) bond motifs is 3. The van der Waals surface area contributed by atoms with Crippen LogP contribution in [0.5, 0.6) is 5.75 Å². The second kappa shape index (κ2) is 8.42. The predicted molar refractivity (Wildman–Crippen MR) is 118 cm³/mol. The van der Waals surface area contributed by atoms with Gasteiger partial charge in [0.25, 0.3) is 0 Å². The first kappa shape index (κ1) is 19.7. The summed E-state index contributed by atoms with van der Waals surface area (Å²) >= 11 is 0. The predicted octanol–water partition coefficient (Wildman–Crippen LogP) is 4.90. The summed E-state index contributed by atoms with van der Waals surface area (Å²) in [5.41, 5.74) is 5.13. The van der Waals surface area contributed by atoms with Crippen LogP contribution in [0.15, 0.2) is 42.5 Å². The van der Waals surface area contributed by atoms with Crippen molar-refractivity contribution in [2.45, 2.75) is 46.1 Å². The van der Waals surface area contributed by atoms with Crippen LogP contribution in [0.4, 0.5) is 0 Å². The second-order valence-electron chi connectivity index (χ2n) is 8.34. The van der Waals surface area contributed by atoms with E-state index in [1.54, 1.807) is 0 Å². The van der Waals surface area contributed by atoms with E-state index in [-0.39, 0.29) is 5.78 Å². The minimum atomic E-state index is 0.0104. The van der Waals surface area contributed by atoms with Gasteiger partial charge in [0, 0.05) is 28.2 Å². The van der Waals surface area contributed by atoms with Crippen LogP contribution in [0.25, 0.3) is 10.9 Å². The molecule has 1 heterocycles. The monoisotopic (exact) mass is 390 g/mol. The molecule has 1 aliphatic rings. The molecule has 0 spiro atoms. The summed E-state index contributed by atoms with van der Waals surface area (Å²) in [6, 6.07) is 14.0. The van der Waals surface area contributed by atoms with Gasteiger partial charge in [-0.1, -0.05) is 26.0 Å². The van der Waals surface area contributed by atoms with E-state index in [1.807, 2.05) is 43.3 Å². The summed E-state index contributed by atoms with van der Waals surface area (Å²) in [6.07, 6.45) is 3.21. The maximum absolute atomic E-state index is 13.2. The van der Waals surface area contributed by atoms with Crippen molar-refractivity contribution < 1.29 is 9.53 Å². The largest absolute Gasteiger partial charge is 0.493 e. The van der Waals surface area contributed by atoms with Crippen LogP contribution in [-0.2, 0) is 12.8 Å². The minimum absolute atomic E-state index is 0.0104. The molecule has 0 saturated heterocycles. The molecule has 4 rings (SSSR count). The summed E-state index contributed by atoms with van der Waals surface area (Å²) in [7, 11) is 0. The Morgan fingerprint density at radius 3 is 2.86 bits per heavy atom. The summed E-state index contributed by atoms with van der Waals surface area (Å²) < 4.78 is 5.67. The fourth-order valence-corrected chi connectivity index (χ4v) is 4.23. The lowest BCUT2D eigenvalue weighted by Crippen LogP contribution is -2.36. The Bertz CT molecular complexity index is 1020. The van der Waals surface area contributed by atoms with Crippen molar-refractivity contribution in [1.82, 2.24) is 10.3 Å². The van der Waals surface area contributed by atoms with Crippen LogP contribution in [-0.4, -0.2) is 30.0 Å². The van der Waals surface area contributed by atoms with Crippen LogP contribution >= 0.6 is 0 Å². The van der Waals surface area contributed by atoms with Gasteiger partial charge in [0.1, 0.15) is 5.75 Å². The smallest absolute Gasteiger partial charge is 0.196 e. The number of aromatic amines is 1. The summed E-state index contributed by atoms with van der Waals surface area (Å²) in [5.74, 6) is 1.30. The average Bonchev–Trinajstić information content (AvgIpc) is 3.09. The summed E-state index contributed by atoms with van der Waals surface area (Å²) in [6.45, 7) is 8.00. The van der Waals surface area contributed by atoms with Crippen molar-refractivity contribution in [2.24, 2.45) is 5.92 Å². The molecule has 0 radical (unpaired) electrons. The number of ketones is 1. The van der Waals surface area contributed by atoms with Gasteiger partial charge in [0.2, 0.25) is 0 Å². The molecule has 1 aliphatic carbocycles. The zero-order valence-electron chi connectivity index (χ0n) is 17.5. The number of carbonyl (C=O) groups is 1. The van der Waals surface area contributed by atoms with Gasteiger partial charge >= 0.3 is 0 Å². The van der Waals surface area contributed by atoms with Gasteiger partial charge in [0.15, 0.2) is 5.78 Å². The van der Waals surface area contributed by atoms with Crippen LogP contribution in [0, 0.1) is 5.92 Å². The molecule has 1 aromatic heterocycles. The van der Waals surface area contributed by atoms with Gasteiger partial charge < -0.3 is 15.0 Å². The number of nitrogens with one attached hydrogen (secondary N) is 2. The molecule has 0 bridgehead atoms. The van der Waals surface area contributed by atoms with Crippen LogP contribution in [0.1, 0.15) is 54.4 Å². The van der Waals surface area contributed by atoms with Crippen molar-refractivity contribution >= 4 is 16.7 Å². The zero-order chi connectivity index (χ0) is 20.4. The molecule has 2 aromatic carbocycles.